The van der Waals surface area contributed by atoms with Crippen molar-refractivity contribution in [3.63, 3.8) is 0 Å². The number of nitrogens with one attached hydrogen (secondary N) is 3. The van der Waals surface area contributed by atoms with E-state index in [9.17, 15) is 4.79 Å². The first-order chi connectivity index (χ1) is 10.6. The molecule has 0 bridgehead atoms. The SMILES string of the molecule is O=C(COc1cccc(Cl)c1)NNC(=S)Nc1ccccc1. The van der Waals surface area contributed by atoms with Gasteiger partial charge in [-0.15, -0.1) is 0 Å². The Morgan fingerprint density at radius 2 is 1.86 bits per heavy atom. The van der Waals surface area contributed by atoms with E-state index in [2.05, 4.69) is 16.2 Å². The fraction of sp³-hybridized carbons (Fsp3) is 0.0667. The Bertz CT molecular complexity index is 652. The highest BCUT2D eigenvalue weighted by molar-refractivity contribution is 7.80. The van der Waals surface area contributed by atoms with Crippen molar-refractivity contribution in [2.75, 3.05) is 11.9 Å². The zero-order valence-corrected chi connectivity index (χ0v) is 13.1. The van der Waals surface area contributed by atoms with Crippen LogP contribution in [0.2, 0.25) is 5.02 Å². The molecule has 1 amide bonds. The molecule has 0 aliphatic heterocycles. The molecule has 2 aromatic rings. The van der Waals surface area contributed by atoms with Crippen LogP contribution in [0.3, 0.4) is 0 Å². The number of hydrazine groups is 1. The second kappa shape index (κ2) is 8.21. The van der Waals surface area contributed by atoms with Gasteiger partial charge in [0.2, 0.25) is 0 Å². The van der Waals surface area contributed by atoms with E-state index >= 15 is 0 Å². The third-order valence-corrected chi connectivity index (χ3v) is 2.95. The maximum Gasteiger partial charge on any atom is 0.276 e. The van der Waals surface area contributed by atoms with Gasteiger partial charge in [-0.25, -0.2) is 0 Å². The molecular formula is C15H14ClN3O2S. The summed E-state index contributed by atoms with van der Waals surface area (Å²) in [4.78, 5) is 11.6. The molecule has 0 aromatic heterocycles. The number of anilines is 1. The number of hydrogen-bond acceptors (Lipinski definition) is 3. The quantitative estimate of drug-likeness (QED) is 0.592. The number of para-hydroxylation sites is 1. The monoisotopic (exact) mass is 335 g/mol. The molecule has 0 fully saturated rings. The third kappa shape index (κ3) is 5.59. The van der Waals surface area contributed by atoms with E-state index in [0.29, 0.717) is 10.8 Å². The number of carbonyl (C=O) groups excluding carboxylic acids is 1. The van der Waals surface area contributed by atoms with Crippen molar-refractivity contribution in [3.8, 4) is 5.75 Å². The molecule has 3 N–H and O–H groups in total. The number of rotatable bonds is 4. The molecule has 5 nitrogen and oxygen atoms in total. The minimum atomic E-state index is -0.364. The lowest BCUT2D eigenvalue weighted by atomic mass is 10.3. The van der Waals surface area contributed by atoms with Gasteiger partial charge in [0, 0.05) is 10.7 Å². The Balaban J connectivity index is 1.70. The van der Waals surface area contributed by atoms with Crippen LogP contribution in [0.1, 0.15) is 0 Å². The van der Waals surface area contributed by atoms with Gasteiger partial charge < -0.3 is 10.1 Å². The van der Waals surface area contributed by atoms with E-state index in [1.807, 2.05) is 30.3 Å². The minimum Gasteiger partial charge on any atom is -0.484 e. The maximum absolute atomic E-state index is 11.6. The molecule has 0 spiro atoms. The molecule has 0 saturated heterocycles. The Morgan fingerprint density at radius 3 is 2.59 bits per heavy atom. The van der Waals surface area contributed by atoms with Crippen LogP contribution < -0.4 is 20.9 Å². The molecule has 0 aliphatic carbocycles. The Hall–Kier alpha value is -2.31. The van der Waals surface area contributed by atoms with Crippen molar-refractivity contribution < 1.29 is 9.53 Å². The maximum atomic E-state index is 11.6. The lowest BCUT2D eigenvalue weighted by Gasteiger charge is -2.12. The molecule has 7 heteroatoms. The number of carbonyl (C=O) groups is 1. The Labute approximate surface area is 138 Å². The van der Waals surface area contributed by atoms with Gasteiger partial charge >= 0.3 is 0 Å². The van der Waals surface area contributed by atoms with Gasteiger partial charge in [0.15, 0.2) is 11.7 Å². The first-order valence-corrected chi connectivity index (χ1v) is 7.21. The van der Waals surface area contributed by atoms with Crippen LogP contribution in [-0.2, 0) is 4.79 Å². The smallest absolute Gasteiger partial charge is 0.276 e. The van der Waals surface area contributed by atoms with Crippen molar-refractivity contribution >= 4 is 40.5 Å². The summed E-state index contributed by atoms with van der Waals surface area (Å²) in [6.45, 7) is -0.151. The normalized spacial score (nSPS) is 9.68. The van der Waals surface area contributed by atoms with E-state index in [-0.39, 0.29) is 17.6 Å². The number of ether oxygens (including phenoxy) is 1. The third-order valence-electron chi connectivity index (χ3n) is 2.51. The molecule has 0 atom stereocenters. The largest absolute Gasteiger partial charge is 0.484 e. The van der Waals surface area contributed by atoms with Gasteiger partial charge in [-0.05, 0) is 42.5 Å². The zero-order chi connectivity index (χ0) is 15.8. The lowest BCUT2D eigenvalue weighted by Crippen LogP contribution is -2.45. The summed E-state index contributed by atoms with van der Waals surface area (Å²) in [6.07, 6.45) is 0. The predicted molar refractivity (Wildman–Crippen MR) is 90.9 cm³/mol. The molecule has 2 rings (SSSR count). The van der Waals surface area contributed by atoms with Crippen molar-refractivity contribution in [1.29, 1.82) is 0 Å². The highest BCUT2D eigenvalue weighted by atomic mass is 35.5. The van der Waals surface area contributed by atoms with E-state index in [1.165, 1.54) is 0 Å². The number of hydrogen-bond donors (Lipinski definition) is 3. The fourth-order valence-corrected chi connectivity index (χ4v) is 1.90. The fourth-order valence-electron chi connectivity index (χ4n) is 1.55. The molecule has 0 radical (unpaired) electrons. The average molecular weight is 336 g/mol. The molecule has 0 unspecified atom stereocenters. The van der Waals surface area contributed by atoms with Crippen LogP contribution in [-0.4, -0.2) is 17.6 Å². The molecule has 0 aliphatic rings. The zero-order valence-electron chi connectivity index (χ0n) is 11.5. The molecule has 0 heterocycles. The topological polar surface area (TPSA) is 62.4 Å². The molecular weight excluding hydrogens is 322 g/mol. The Kier molecular flexibility index (Phi) is 6.00. The average Bonchev–Trinajstić information content (AvgIpc) is 2.52. The summed E-state index contributed by atoms with van der Waals surface area (Å²) in [7, 11) is 0. The first kappa shape index (κ1) is 16.1. The summed E-state index contributed by atoms with van der Waals surface area (Å²) in [5.74, 6) is 0.157. The highest BCUT2D eigenvalue weighted by Gasteiger charge is 2.04. The van der Waals surface area contributed by atoms with Gasteiger partial charge in [-0.3, -0.25) is 15.6 Å². The van der Waals surface area contributed by atoms with Gasteiger partial charge in [0.25, 0.3) is 5.91 Å². The Morgan fingerprint density at radius 1 is 1.09 bits per heavy atom. The van der Waals surface area contributed by atoms with Crippen LogP contribution in [0, 0.1) is 0 Å². The summed E-state index contributed by atoms with van der Waals surface area (Å²) >= 11 is 10.9. The standard InChI is InChI=1S/C15H14ClN3O2S/c16-11-5-4-8-13(9-11)21-10-14(20)18-19-15(22)17-12-6-2-1-3-7-12/h1-9H,10H2,(H,18,20)(H2,17,19,22). The van der Waals surface area contributed by atoms with Crippen molar-refractivity contribution in [3.05, 3.63) is 59.6 Å². The number of thiocarbonyl (C=S) groups is 1. The second-order valence-corrected chi connectivity index (χ2v) is 5.08. The van der Waals surface area contributed by atoms with E-state index in [0.717, 1.165) is 5.69 Å². The molecule has 114 valence electrons. The molecule has 0 saturated carbocycles. The van der Waals surface area contributed by atoms with Crippen LogP contribution >= 0.6 is 23.8 Å². The second-order valence-electron chi connectivity index (χ2n) is 4.24. The van der Waals surface area contributed by atoms with Crippen LogP contribution in [0.25, 0.3) is 0 Å². The van der Waals surface area contributed by atoms with Crippen molar-refractivity contribution in [2.24, 2.45) is 0 Å². The van der Waals surface area contributed by atoms with Crippen LogP contribution in [0.4, 0.5) is 5.69 Å². The summed E-state index contributed by atoms with van der Waals surface area (Å²) < 4.78 is 5.30. The first-order valence-electron chi connectivity index (χ1n) is 6.43. The number of halogens is 1. The molecule has 22 heavy (non-hydrogen) atoms. The van der Waals surface area contributed by atoms with Gasteiger partial charge in [-0.2, -0.15) is 0 Å². The predicted octanol–water partition coefficient (Wildman–Crippen LogP) is 2.74. The highest BCUT2D eigenvalue weighted by Crippen LogP contribution is 2.16. The van der Waals surface area contributed by atoms with E-state index < -0.39 is 0 Å². The minimum absolute atomic E-state index is 0.151. The summed E-state index contributed by atoms with van der Waals surface area (Å²) in [5.41, 5.74) is 5.85. The summed E-state index contributed by atoms with van der Waals surface area (Å²) in [5, 5.41) is 3.75. The lowest BCUT2D eigenvalue weighted by molar-refractivity contribution is -0.123. The van der Waals surface area contributed by atoms with Gasteiger partial charge in [0.1, 0.15) is 5.75 Å². The van der Waals surface area contributed by atoms with E-state index in [4.69, 9.17) is 28.6 Å². The van der Waals surface area contributed by atoms with Crippen LogP contribution in [0.15, 0.2) is 54.6 Å². The van der Waals surface area contributed by atoms with Crippen LogP contribution in [0.5, 0.6) is 5.75 Å². The van der Waals surface area contributed by atoms with Crippen molar-refractivity contribution in [1.82, 2.24) is 10.9 Å². The number of amides is 1. The number of benzene rings is 2. The molecule has 2 aromatic carbocycles. The summed E-state index contributed by atoms with van der Waals surface area (Å²) in [6, 6.07) is 16.2. The van der Waals surface area contributed by atoms with E-state index in [1.54, 1.807) is 24.3 Å². The van der Waals surface area contributed by atoms with Gasteiger partial charge in [-0.1, -0.05) is 35.9 Å². The van der Waals surface area contributed by atoms with Gasteiger partial charge in [0.05, 0.1) is 0 Å². The van der Waals surface area contributed by atoms with Crippen molar-refractivity contribution in [2.45, 2.75) is 0 Å².